The van der Waals surface area contributed by atoms with E-state index in [0.29, 0.717) is 18.0 Å². The van der Waals surface area contributed by atoms with Gasteiger partial charge in [-0.2, -0.15) is 0 Å². The molecule has 2 atom stereocenters. The second-order valence-corrected chi connectivity index (χ2v) is 6.32. The molecule has 2 heterocycles. The summed E-state index contributed by atoms with van der Waals surface area (Å²) in [6, 6.07) is 1.64. The molecule has 3 rings (SSSR count). The van der Waals surface area contributed by atoms with Crippen molar-refractivity contribution in [2.45, 2.75) is 63.1 Å². The number of carbonyl (C=O) groups excluding carboxylic acids is 1. The maximum Gasteiger partial charge on any atom is 0.220 e. The fraction of sp³-hybridized carbons (Fsp3) is 0.929. The largest absolute Gasteiger partial charge is 0.353 e. The number of likely N-dealkylation sites (tertiary alicyclic amines) is 1. The van der Waals surface area contributed by atoms with E-state index >= 15 is 0 Å². The molecular weight excluding hydrogens is 226 g/mol. The Morgan fingerprint density at radius 2 is 1.89 bits per heavy atom. The highest BCUT2D eigenvalue weighted by Gasteiger charge is 2.36. The summed E-state index contributed by atoms with van der Waals surface area (Å²) in [5.74, 6) is 0.945. The number of fused-ring (bicyclic) bond motifs is 1. The number of nitrogens with two attached hydrogens (primary N) is 1. The smallest absolute Gasteiger partial charge is 0.220 e. The molecule has 0 aromatic rings. The summed E-state index contributed by atoms with van der Waals surface area (Å²) < 4.78 is 0. The van der Waals surface area contributed by atoms with Crippen LogP contribution < -0.4 is 11.1 Å². The summed E-state index contributed by atoms with van der Waals surface area (Å²) in [7, 11) is 0. The normalized spacial score (nSPS) is 42.2. The summed E-state index contributed by atoms with van der Waals surface area (Å²) in [5.41, 5.74) is 5.98. The first kappa shape index (κ1) is 12.4. The zero-order valence-corrected chi connectivity index (χ0v) is 11.1. The molecule has 4 nitrogen and oxygen atoms in total. The van der Waals surface area contributed by atoms with Crippen molar-refractivity contribution >= 4 is 5.91 Å². The highest BCUT2D eigenvalue weighted by atomic mass is 16.1. The van der Waals surface area contributed by atoms with E-state index in [4.69, 9.17) is 5.73 Å². The first-order chi connectivity index (χ1) is 8.72. The van der Waals surface area contributed by atoms with Gasteiger partial charge in [0.05, 0.1) is 0 Å². The zero-order chi connectivity index (χ0) is 12.5. The van der Waals surface area contributed by atoms with Gasteiger partial charge in [-0.25, -0.2) is 0 Å². The van der Waals surface area contributed by atoms with E-state index < -0.39 is 0 Å². The van der Waals surface area contributed by atoms with Gasteiger partial charge in [-0.15, -0.1) is 0 Å². The van der Waals surface area contributed by atoms with Gasteiger partial charge in [-0.1, -0.05) is 0 Å². The maximum absolute atomic E-state index is 11.4. The van der Waals surface area contributed by atoms with Crippen LogP contribution in [0.4, 0.5) is 0 Å². The topological polar surface area (TPSA) is 58.4 Å². The summed E-state index contributed by atoms with van der Waals surface area (Å²) in [5, 5.41) is 3.16. The van der Waals surface area contributed by atoms with Crippen molar-refractivity contribution in [1.29, 1.82) is 0 Å². The number of hydrogen-bond donors (Lipinski definition) is 2. The Hall–Kier alpha value is -0.610. The summed E-state index contributed by atoms with van der Waals surface area (Å²) in [6.07, 6.45) is 7.86. The van der Waals surface area contributed by atoms with E-state index in [1.54, 1.807) is 0 Å². The molecule has 1 saturated carbocycles. The summed E-state index contributed by atoms with van der Waals surface area (Å²) in [6.45, 7) is 2.34. The number of piperidine rings is 2. The molecule has 102 valence electrons. The maximum atomic E-state index is 11.4. The summed E-state index contributed by atoms with van der Waals surface area (Å²) in [4.78, 5) is 14.1. The predicted molar refractivity (Wildman–Crippen MR) is 71.1 cm³/mol. The van der Waals surface area contributed by atoms with E-state index in [1.807, 2.05) is 0 Å². The second-order valence-electron chi connectivity index (χ2n) is 6.32. The number of nitrogens with zero attached hydrogens (tertiary/aromatic N) is 1. The Morgan fingerprint density at radius 3 is 2.67 bits per heavy atom. The van der Waals surface area contributed by atoms with Crippen LogP contribution in [-0.4, -0.2) is 42.0 Å². The Bertz CT molecular complexity index is 312. The minimum Gasteiger partial charge on any atom is -0.353 e. The molecule has 3 aliphatic rings. The van der Waals surface area contributed by atoms with Crippen molar-refractivity contribution in [2.24, 2.45) is 11.7 Å². The lowest BCUT2D eigenvalue weighted by Crippen LogP contribution is -2.56. The van der Waals surface area contributed by atoms with Gasteiger partial charge in [0.2, 0.25) is 5.91 Å². The van der Waals surface area contributed by atoms with Crippen LogP contribution >= 0.6 is 0 Å². The highest BCUT2D eigenvalue weighted by Crippen LogP contribution is 2.30. The molecule has 2 unspecified atom stereocenters. The van der Waals surface area contributed by atoms with E-state index in [2.05, 4.69) is 10.2 Å². The Morgan fingerprint density at radius 1 is 1.11 bits per heavy atom. The standard InChI is InChI=1S/C14H25N3O/c15-11-2-4-12(5-3-11)17-8-7-13-10(9-17)1-6-14(18)16-13/h10-13H,1-9,15H2,(H,16,18). The number of hydrogen-bond acceptors (Lipinski definition) is 3. The van der Waals surface area contributed by atoms with Crippen LogP contribution in [0.25, 0.3) is 0 Å². The molecule has 0 aromatic carbocycles. The van der Waals surface area contributed by atoms with Gasteiger partial charge in [0.15, 0.2) is 0 Å². The number of rotatable bonds is 1. The molecule has 2 aliphatic heterocycles. The first-order valence-electron chi connectivity index (χ1n) is 7.51. The molecule has 18 heavy (non-hydrogen) atoms. The first-order valence-corrected chi connectivity index (χ1v) is 7.51. The lowest BCUT2D eigenvalue weighted by molar-refractivity contribution is -0.125. The molecular formula is C14H25N3O. The number of nitrogens with one attached hydrogen (secondary N) is 1. The van der Waals surface area contributed by atoms with Gasteiger partial charge in [0.1, 0.15) is 0 Å². The molecule has 0 spiro atoms. The Labute approximate surface area is 109 Å². The van der Waals surface area contributed by atoms with Gasteiger partial charge < -0.3 is 11.1 Å². The molecule has 4 heteroatoms. The van der Waals surface area contributed by atoms with Crippen LogP contribution in [0.15, 0.2) is 0 Å². The molecule has 1 aliphatic carbocycles. The van der Waals surface area contributed by atoms with Crippen molar-refractivity contribution in [3.05, 3.63) is 0 Å². The Balaban J connectivity index is 1.55. The quantitative estimate of drug-likeness (QED) is 0.726. The molecule has 1 amide bonds. The van der Waals surface area contributed by atoms with Crippen molar-refractivity contribution in [3.63, 3.8) is 0 Å². The fourth-order valence-electron chi connectivity index (χ4n) is 3.94. The van der Waals surface area contributed by atoms with E-state index in [1.165, 1.54) is 32.2 Å². The molecule has 0 bridgehead atoms. The second kappa shape index (κ2) is 5.17. The van der Waals surface area contributed by atoms with Crippen molar-refractivity contribution < 1.29 is 4.79 Å². The fourth-order valence-corrected chi connectivity index (χ4v) is 3.94. The average Bonchev–Trinajstić information content (AvgIpc) is 2.39. The van der Waals surface area contributed by atoms with Crippen LogP contribution in [0, 0.1) is 5.92 Å². The average molecular weight is 251 g/mol. The minimum atomic E-state index is 0.258. The molecule has 2 saturated heterocycles. The van der Waals surface area contributed by atoms with Crippen LogP contribution in [0.5, 0.6) is 0 Å². The predicted octanol–water partition coefficient (Wildman–Crippen LogP) is 0.857. The lowest BCUT2D eigenvalue weighted by Gasteiger charge is -2.45. The van der Waals surface area contributed by atoms with Gasteiger partial charge in [-0.05, 0) is 44.4 Å². The SMILES string of the molecule is NC1CCC(N2CCC3NC(=O)CCC3C2)CC1. The number of amides is 1. The van der Waals surface area contributed by atoms with Crippen LogP contribution in [-0.2, 0) is 4.79 Å². The summed E-state index contributed by atoms with van der Waals surface area (Å²) >= 11 is 0. The molecule has 3 fully saturated rings. The third-order valence-electron chi connectivity index (χ3n) is 5.11. The molecule has 0 aromatic heterocycles. The highest BCUT2D eigenvalue weighted by molar-refractivity contribution is 5.77. The van der Waals surface area contributed by atoms with E-state index in [-0.39, 0.29) is 5.91 Å². The van der Waals surface area contributed by atoms with Crippen molar-refractivity contribution in [3.8, 4) is 0 Å². The van der Waals surface area contributed by atoms with Gasteiger partial charge in [0, 0.05) is 37.6 Å². The van der Waals surface area contributed by atoms with Crippen LogP contribution in [0.1, 0.15) is 44.9 Å². The van der Waals surface area contributed by atoms with E-state index in [9.17, 15) is 4.79 Å². The van der Waals surface area contributed by atoms with Gasteiger partial charge in [0.25, 0.3) is 0 Å². The van der Waals surface area contributed by atoms with Gasteiger partial charge >= 0.3 is 0 Å². The van der Waals surface area contributed by atoms with Crippen LogP contribution in [0.3, 0.4) is 0 Å². The van der Waals surface area contributed by atoms with Crippen molar-refractivity contribution in [2.75, 3.05) is 13.1 Å². The van der Waals surface area contributed by atoms with E-state index in [0.717, 1.165) is 31.8 Å². The molecule has 3 N–H and O–H groups in total. The number of carbonyl (C=O) groups is 1. The van der Waals surface area contributed by atoms with Crippen molar-refractivity contribution in [1.82, 2.24) is 10.2 Å². The third kappa shape index (κ3) is 2.54. The van der Waals surface area contributed by atoms with Crippen LogP contribution in [0.2, 0.25) is 0 Å². The third-order valence-corrected chi connectivity index (χ3v) is 5.11. The Kier molecular flexibility index (Phi) is 3.57. The minimum absolute atomic E-state index is 0.258. The molecule has 0 radical (unpaired) electrons. The van der Waals surface area contributed by atoms with Gasteiger partial charge in [-0.3, -0.25) is 9.69 Å². The lowest BCUT2D eigenvalue weighted by atomic mass is 9.82. The monoisotopic (exact) mass is 251 g/mol. The zero-order valence-electron chi connectivity index (χ0n) is 11.1.